The SMILES string of the molecule is CC(C)(C)OC(=O)NC1(C2(CN)CC(F)(F)C2)CCOC1. The molecule has 0 aromatic carbocycles. The first-order valence-electron chi connectivity index (χ1n) is 7.20. The van der Waals surface area contributed by atoms with E-state index in [0.29, 0.717) is 13.0 Å². The summed E-state index contributed by atoms with van der Waals surface area (Å²) in [6.45, 7) is 5.95. The van der Waals surface area contributed by atoms with Crippen LogP contribution in [-0.4, -0.2) is 42.9 Å². The van der Waals surface area contributed by atoms with Gasteiger partial charge in [0.15, 0.2) is 0 Å². The first-order valence-corrected chi connectivity index (χ1v) is 7.20. The Morgan fingerprint density at radius 1 is 1.38 bits per heavy atom. The second-order valence-electron chi connectivity index (χ2n) is 7.21. The monoisotopic (exact) mass is 306 g/mol. The number of alkyl halides is 2. The molecule has 1 saturated heterocycles. The molecule has 1 aliphatic heterocycles. The smallest absolute Gasteiger partial charge is 0.408 e. The molecule has 122 valence electrons. The van der Waals surface area contributed by atoms with Crippen molar-refractivity contribution in [1.29, 1.82) is 0 Å². The number of nitrogens with two attached hydrogens (primary N) is 1. The summed E-state index contributed by atoms with van der Waals surface area (Å²) in [5, 5.41) is 2.78. The summed E-state index contributed by atoms with van der Waals surface area (Å²) in [6.07, 6.45) is -0.791. The molecular formula is C14H24F2N2O3. The first-order chi connectivity index (χ1) is 9.53. The Morgan fingerprint density at radius 3 is 2.38 bits per heavy atom. The van der Waals surface area contributed by atoms with Crippen LogP contribution in [0.15, 0.2) is 0 Å². The molecule has 7 heteroatoms. The van der Waals surface area contributed by atoms with Gasteiger partial charge >= 0.3 is 6.09 Å². The van der Waals surface area contributed by atoms with E-state index in [2.05, 4.69) is 5.32 Å². The molecule has 21 heavy (non-hydrogen) atoms. The molecule has 1 saturated carbocycles. The van der Waals surface area contributed by atoms with Gasteiger partial charge in [-0.25, -0.2) is 13.6 Å². The Balaban J connectivity index is 2.16. The van der Waals surface area contributed by atoms with Gasteiger partial charge < -0.3 is 20.5 Å². The van der Waals surface area contributed by atoms with Gasteiger partial charge in [-0.1, -0.05) is 0 Å². The van der Waals surface area contributed by atoms with E-state index < -0.39 is 28.6 Å². The van der Waals surface area contributed by atoms with Crippen LogP contribution < -0.4 is 11.1 Å². The third-order valence-electron chi connectivity index (χ3n) is 4.36. The third-order valence-corrected chi connectivity index (χ3v) is 4.36. The van der Waals surface area contributed by atoms with E-state index in [4.69, 9.17) is 15.2 Å². The minimum absolute atomic E-state index is 0.0851. The molecule has 0 aromatic heterocycles. The summed E-state index contributed by atoms with van der Waals surface area (Å²) < 4.78 is 37.4. The molecule has 2 rings (SSSR count). The highest BCUT2D eigenvalue weighted by Gasteiger charge is 2.66. The Kier molecular flexibility index (Phi) is 3.95. The van der Waals surface area contributed by atoms with Crippen LogP contribution in [0.3, 0.4) is 0 Å². The Morgan fingerprint density at radius 2 is 2.00 bits per heavy atom. The van der Waals surface area contributed by atoms with Crippen molar-refractivity contribution in [2.45, 2.75) is 57.1 Å². The first kappa shape index (κ1) is 16.4. The van der Waals surface area contributed by atoms with E-state index in [0.717, 1.165) is 0 Å². The molecule has 5 nitrogen and oxygen atoms in total. The van der Waals surface area contributed by atoms with Crippen molar-refractivity contribution in [2.75, 3.05) is 19.8 Å². The van der Waals surface area contributed by atoms with Crippen molar-refractivity contribution < 1.29 is 23.0 Å². The molecule has 1 unspecified atom stereocenters. The Bertz CT molecular complexity index is 407. The highest BCUT2D eigenvalue weighted by Crippen LogP contribution is 2.58. The van der Waals surface area contributed by atoms with Crippen molar-refractivity contribution in [3.8, 4) is 0 Å². The van der Waals surface area contributed by atoms with Crippen molar-refractivity contribution in [3.63, 3.8) is 0 Å². The average Bonchev–Trinajstić information content (AvgIpc) is 2.72. The predicted molar refractivity (Wildman–Crippen MR) is 73.2 cm³/mol. The van der Waals surface area contributed by atoms with Gasteiger partial charge in [-0.15, -0.1) is 0 Å². The lowest BCUT2D eigenvalue weighted by Crippen LogP contribution is -2.70. The second-order valence-corrected chi connectivity index (χ2v) is 7.21. The zero-order valence-corrected chi connectivity index (χ0v) is 12.8. The van der Waals surface area contributed by atoms with Gasteiger partial charge in [0, 0.05) is 31.4 Å². The lowest BCUT2D eigenvalue weighted by molar-refractivity contribution is -0.190. The number of hydrogen-bond acceptors (Lipinski definition) is 4. The molecular weight excluding hydrogens is 282 g/mol. The fourth-order valence-electron chi connectivity index (χ4n) is 3.33. The zero-order chi connectivity index (χ0) is 15.9. The largest absolute Gasteiger partial charge is 0.444 e. The number of halogens is 2. The van der Waals surface area contributed by atoms with Crippen LogP contribution in [-0.2, 0) is 9.47 Å². The van der Waals surface area contributed by atoms with Crippen LogP contribution in [0.2, 0.25) is 0 Å². The summed E-state index contributed by atoms with van der Waals surface area (Å²) in [5.74, 6) is -2.72. The van der Waals surface area contributed by atoms with E-state index in [-0.39, 0.29) is 26.0 Å². The molecule has 1 atom stereocenters. The predicted octanol–water partition coefficient (Wildman–Crippen LogP) is 2.04. The molecule has 3 N–H and O–H groups in total. The zero-order valence-electron chi connectivity index (χ0n) is 12.8. The average molecular weight is 306 g/mol. The normalized spacial score (nSPS) is 30.6. The molecule has 0 aromatic rings. The number of hydrogen-bond donors (Lipinski definition) is 2. The summed E-state index contributed by atoms with van der Waals surface area (Å²) >= 11 is 0. The number of carbonyl (C=O) groups excluding carboxylic acids is 1. The van der Waals surface area contributed by atoms with Crippen molar-refractivity contribution in [2.24, 2.45) is 11.1 Å². The van der Waals surface area contributed by atoms with Crippen LogP contribution in [0.1, 0.15) is 40.0 Å². The van der Waals surface area contributed by atoms with Crippen molar-refractivity contribution >= 4 is 6.09 Å². The van der Waals surface area contributed by atoms with Crippen LogP contribution in [0.25, 0.3) is 0 Å². The second kappa shape index (κ2) is 5.05. The number of nitrogens with one attached hydrogen (secondary N) is 1. The molecule has 2 fully saturated rings. The minimum atomic E-state index is -2.72. The van der Waals surface area contributed by atoms with Gasteiger partial charge in [0.05, 0.1) is 12.1 Å². The maximum Gasteiger partial charge on any atom is 0.408 e. The highest BCUT2D eigenvalue weighted by molar-refractivity contribution is 5.69. The van der Waals surface area contributed by atoms with Crippen LogP contribution in [0.4, 0.5) is 13.6 Å². The molecule has 1 amide bonds. The third kappa shape index (κ3) is 3.13. The standard InChI is InChI=1S/C14H24F2N2O3/c1-11(2,3)21-10(19)18-13(4-5-20-9-13)12(8-17)6-14(15,16)7-12/h4-9,17H2,1-3H3,(H,18,19). The van der Waals surface area contributed by atoms with Crippen molar-refractivity contribution in [1.82, 2.24) is 5.32 Å². The Labute approximate surface area is 123 Å². The van der Waals surface area contributed by atoms with Crippen LogP contribution >= 0.6 is 0 Å². The molecule has 2 aliphatic rings. The highest BCUT2D eigenvalue weighted by atomic mass is 19.3. The van der Waals surface area contributed by atoms with Gasteiger partial charge in [-0.3, -0.25) is 0 Å². The van der Waals surface area contributed by atoms with Crippen LogP contribution in [0.5, 0.6) is 0 Å². The Hall–Kier alpha value is -0.950. The molecule has 0 spiro atoms. The van der Waals surface area contributed by atoms with Gasteiger partial charge in [-0.2, -0.15) is 0 Å². The lowest BCUT2D eigenvalue weighted by Gasteiger charge is -2.56. The van der Waals surface area contributed by atoms with Crippen LogP contribution in [0, 0.1) is 5.41 Å². The quantitative estimate of drug-likeness (QED) is 0.837. The van der Waals surface area contributed by atoms with E-state index in [1.807, 2.05) is 0 Å². The van der Waals surface area contributed by atoms with Gasteiger partial charge in [-0.05, 0) is 27.2 Å². The number of amides is 1. The number of carbonyl (C=O) groups is 1. The minimum Gasteiger partial charge on any atom is -0.444 e. The van der Waals surface area contributed by atoms with E-state index in [9.17, 15) is 13.6 Å². The fourth-order valence-corrected chi connectivity index (χ4v) is 3.33. The van der Waals surface area contributed by atoms with E-state index in [1.54, 1.807) is 20.8 Å². The summed E-state index contributed by atoms with van der Waals surface area (Å²) in [5.41, 5.74) is 3.43. The van der Waals surface area contributed by atoms with E-state index >= 15 is 0 Å². The summed E-state index contributed by atoms with van der Waals surface area (Å²) in [6, 6.07) is 0. The van der Waals surface area contributed by atoms with E-state index in [1.165, 1.54) is 0 Å². The summed E-state index contributed by atoms with van der Waals surface area (Å²) in [7, 11) is 0. The summed E-state index contributed by atoms with van der Waals surface area (Å²) in [4.78, 5) is 12.1. The molecule has 1 aliphatic carbocycles. The number of ether oxygens (including phenoxy) is 2. The van der Waals surface area contributed by atoms with Gasteiger partial charge in [0.2, 0.25) is 5.92 Å². The van der Waals surface area contributed by atoms with Gasteiger partial charge in [0.25, 0.3) is 0 Å². The van der Waals surface area contributed by atoms with Crippen molar-refractivity contribution in [3.05, 3.63) is 0 Å². The maximum atomic E-state index is 13.4. The fraction of sp³-hybridized carbons (Fsp3) is 0.929. The molecule has 0 bridgehead atoms. The number of rotatable bonds is 3. The lowest BCUT2D eigenvalue weighted by atomic mass is 9.54. The molecule has 0 radical (unpaired) electrons. The maximum absolute atomic E-state index is 13.4. The molecule has 1 heterocycles. The van der Waals surface area contributed by atoms with Gasteiger partial charge in [0.1, 0.15) is 5.60 Å². The topological polar surface area (TPSA) is 73.6 Å². The number of alkyl carbamates (subject to hydrolysis) is 1.